The number of carbonyl (C=O) groups is 1. The van der Waals surface area contributed by atoms with Crippen LogP contribution in [0.4, 0.5) is 0 Å². The van der Waals surface area contributed by atoms with E-state index in [1.54, 1.807) is 4.90 Å². The average Bonchev–Trinajstić information content (AvgIpc) is 2.96. The van der Waals surface area contributed by atoms with Crippen LogP contribution in [0, 0.1) is 11.8 Å². The first kappa shape index (κ1) is 14.8. The van der Waals surface area contributed by atoms with Crippen LogP contribution in [-0.4, -0.2) is 49.9 Å². The molecule has 19 heavy (non-hydrogen) atoms. The second-order valence-electron chi connectivity index (χ2n) is 5.71. The van der Waals surface area contributed by atoms with Crippen molar-refractivity contribution < 1.29 is 13.2 Å². The molecule has 0 radical (unpaired) electrons. The van der Waals surface area contributed by atoms with Gasteiger partial charge in [0.15, 0.2) is 9.84 Å². The molecule has 6 heteroatoms. The van der Waals surface area contributed by atoms with Gasteiger partial charge < -0.3 is 10.6 Å². The van der Waals surface area contributed by atoms with Gasteiger partial charge in [-0.05, 0) is 38.6 Å². The van der Waals surface area contributed by atoms with Gasteiger partial charge in [-0.2, -0.15) is 0 Å². The van der Waals surface area contributed by atoms with Crippen LogP contribution in [-0.2, 0) is 14.6 Å². The van der Waals surface area contributed by atoms with Gasteiger partial charge >= 0.3 is 0 Å². The van der Waals surface area contributed by atoms with Crippen LogP contribution in [0.1, 0.15) is 32.6 Å². The summed E-state index contributed by atoms with van der Waals surface area (Å²) in [7, 11) is -2.95. The molecule has 110 valence electrons. The summed E-state index contributed by atoms with van der Waals surface area (Å²) in [5.74, 6) is 0.754. The molecule has 0 aromatic carbocycles. The van der Waals surface area contributed by atoms with Crippen LogP contribution in [0.25, 0.3) is 0 Å². The number of rotatable bonds is 4. The van der Waals surface area contributed by atoms with E-state index >= 15 is 0 Å². The van der Waals surface area contributed by atoms with Gasteiger partial charge in [0, 0.05) is 18.5 Å². The van der Waals surface area contributed by atoms with E-state index in [9.17, 15) is 13.2 Å². The van der Waals surface area contributed by atoms with Crippen molar-refractivity contribution in [2.45, 2.75) is 38.6 Å². The maximum atomic E-state index is 12.6. The van der Waals surface area contributed by atoms with Crippen LogP contribution in [0.2, 0.25) is 0 Å². The molecule has 1 aliphatic heterocycles. The predicted molar refractivity (Wildman–Crippen MR) is 74.3 cm³/mol. The van der Waals surface area contributed by atoms with Crippen LogP contribution in [0.5, 0.6) is 0 Å². The normalized spacial score (nSPS) is 33.5. The summed E-state index contributed by atoms with van der Waals surface area (Å²) in [5, 5.41) is 0. The van der Waals surface area contributed by atoms with Crippen molar-refractivity contribution in [1.29, 1.82) is 0 Å². The number of amides is 1. The first-order chi connectivity index (χ1) is 8.98. The minimum Gasteiger partial charge on any atom is -0.339 e. The van der Waals surface area contributed by atoms with E-state index in [1.807, 2.05) is 6.92 Å². The molecule has 3 unspecified atom stereocenters. The molecule has 2 rings (SSSR count). The predicted octanol–water partition coefficient (Wildman–Crippen LogP) is 0.397. The zero-order valence-electron chi connectivity index (χ0n) is 11.5. The quantitative estimate of drug-likeness (QED) is 0.812. The van der Waals surface area contributed by atoms with E-state index in [4.69, 9.17) is 5.73 Å². The standard InChI is InChI=1S/C13H24N2O3S/c1-2-15(11-6-7-19(17,18)9-11)13(16)12-5-3-4-10(12)8-14/h10-12H,2-9,14H2,1H3. The molecule has 2 N–H and O–H groups in total. The first-order valence-electron chi connectivity index (χ1n) is 7.19. The third-order valence-corrected chi connectivity index (χ3v) is 6.30. The Balaban J connectivity index is 2.07. The number of hydrogen-bond acceptors (Lipinski definition) is 4. The Morgan fingerprint density at radius 2 is 2.05 bits per heavy atom. The minimum absolute atomic E-state index is 0.00764. The summed E-state index contributed by atoms with van der Waals surface area (Å²) >= 11 is 0. The monoisotopic (exact) mass is 288 g/mol. The van der Waals surface area contributed by atoms with Crippen LogP contribution < -0.4 is 5.73 Å². The number of nitrogens with zero attached hydrogens (tertiary/aromatic N) is 1. The SMILES string of the molecule is CCN(C(=O)C1CCCC1CN)C1CCS(=O)(=O)C1. The number of hydrogen-bond donors (Lipinski definition) is 1. The summed E-state index contributed by atoms with van der Waals surface area (Å²) in [4.78, 5) is 14.4. The highest BCUT2D eigenvalue weighted by molar-refractivity contribution is 7.91. The van der Waals surface area contributed by atoms with Crippen molar-refractivity contribution in [3.63, 3.8) is 0 Å². The minimum atomic E-state index is -2.95. The van der Waals surface area contributed by atoms with Crippen molar-refractivity contribution in [1.82, 2.24) is 4.90 Å². The molecule has 3 atom stereocenters. The topological polar surface area (TPSA) is 80.5 Å². The second-order valence-corrected chi connectivity index (χ2v) is 7.94. The second kappa shape index (κ2) is 5.79. The van der Waals surface area contributed by atoms with Crippen molar-refractivity contribution in [2.75, 3.05) is 24.6 Å². The molecule has 1 heterocycles. The Kier molecular flexibility index (Phi) is 4.50. The van der Waals surface area contributed by atoms with E-state index in [0.717, 1.165) is 19.3 Å². The molecule has 5 nitrogen and oxygen atoms in total. The lowest BCUT2D eigenvalue weighted by molar-refractivity contribution is -0.138. The Morgan fingerprint density at radius 3 is 2.58 bits per heavy atom. The molecule has 0 bridgehead atoms. The highest BCUT2D eigenvalue weighted by atomic mass is 32.2. The van der Waals surface area contributed by atoms with Crippen molar-refractivity contribution in [3.8, 4) is 0 Å². The van der Waals surface area contributed by atoms with E-state index in [0.29, 0.717) is 19.5 Å². The van der Waals surface area contributed by atoms with Gasteiger partial charge in [-0.15, -0.1) is 0 Å². The van der Waals surface area contributed by atoms with Gasteiger partial charge in [-0.25, -0.2) is 8.42 Å². The molecular formula is C13H24N2O3S. The zero-order chi connectivity index (χ0) is 14.0. The molecule has 2 aliphatic rings. The van der Waals surface area contributed by atoms with Gasteiger partial charge in [0.2, 0.25) is 5.91 Å². The fourth-order valence-electron chi connectivity index (χ4n) is 3.47. The average molecular weight is 288 g/mol. The molecule has 1 amide bonds. The Labute approximate surface area is 115 Å². The van der Waals surface area contributed by atoms with Crippen LogP contribution >= 0.6 is 0 Å². The fourth-order valence-corrected chi connectivity index (χ4v) is 5.20. The lowest BCUT2D eigenvalue weighted by Gasteiger charge is -2.31. The van der Waals surface area contributed by atoms with E-state index in [1.165, 1.54) is 0 Å². The molecule has 2 fully saturated rings. The maximum Gasteiger partial charge on any atom is 0.226 e. The summed E-state index contributed by atoms with van der Waals surface area (Å²) in [6.07, 6.45) is 3.56. The Bertz CT molecular complexity index is 435. The van der Waals surface area contributed by atoms with Crippen molar-refractivity contribution in [2.24, 2.45) is 17.6 Å². The van der Waals surface area contributed by atoms with Crippen molar-refractivity contribution in [3.05, 3.63) is 0 Å². The molecule has 0 aromatic heterocycles. The summed E-state index contributed by atoms with van der Waals surface area (Å²) in [6.45, 7) is 3.07. The lowest BCUT2D eigenvalue weighted by atomic mass is 9.94. The van der Waals surface area contributed by atoms with E-state index in [-0.39, 0.29) is 35.3 Å². The molecule has 0 spiro atoms. The highest BCUT2D eigenvalue weighted by Crippen LogP contribution is 2.33. The van der Waals surface area contributed by atoms with E-state index in [2.05, 4.69) is 0 Å². The summed E-state index contributed by atoms with van der Waals surface area (Å²) < 4.78 is 23.1. The largest absolute Gasteiger partial charge is 0.339 e. The number of nitrogens with two attached hydrogens (primary N) is 1. The molecule has 0 aromatic rings. The number of sulfone groups is 1. The Morgan fingerprint density at radius 1 is 1.32 bits per heavy atom. The smallest absolute Gasteiger partial charge is 0.226 e. The number of carbonyl (C=O) groups excluding carboxylic acids is 1. The van der Waals surface area contributed by atoms with Gasteiger partial charge in [0.1, 0.15) is 0 Å². The zero-order valence-corrected chi connectivity index (χ0v) is 12.4. The lowest BCUT2D eigenvalue weighted by Crippen LogP contribution is -2.45. The van der Waals surface area contributed by atoms with Crippen LogP contribution in [0.3, 0.4) is 0 Å². The molecule has 1 saturated heterocycles. The summed E-state index contributed by atoms with van der Waals surface area (Å²) in [6, 6.07) is -0.124. The maximum absolute atomic E-state index is 12.6. The highest BCUT2D eigenvalue weighted by Gasteiger charge is 2.39. The first-order valence-corrected chi connectivity index (χ1v) is 9.01. The Hall–Kier alpha value is -0.620. The van der Waals surface area contributed by atoms with Crippen molar-refractivity contribution >= 4 is 15.7 Å². The van der Waals surface area contributed by atoms with Gasteiger partial charge in [-0.3, -0.25) is 4.79 Å². The van der Waals surface area contributed by atoms with Gasteiger partial charge in [-0.1, -0.05) is 6.42 Å². The third kappa shape index (κ3) is 3.11. The van der Waals surface area contributed by atoms with Gasteiger partial charge in [0.25, 0.3) is 0 Å². The molecular weight excluding hydrogens is 264 g/mol. The van der Waals surface area contributed by atoms with Gasteiger partial charge in [0.05, 0.1) is 11.5 Å². The third-order valence-electron chi connectivity index (χ3n) is 4.55. The fraction of sp³-hybridized carbons (Fsp3) is 0.923. The van der Waals surface area contributed by atoms with E-state index < -0.39 is 9.84 Å². The summed E-state index contributed by atoms with van der Waals surface area (Å²) in [5.41, 5.74) is 5.73. The molecule has 1 aliphatic carbocycles. The molecule has 1 saturated carbocycles. The van der Waals surface area contributed by atoms with Crippen LogP contribution in [0.15, 0.2) is 0 Å².